The molecule has 6 nitrogen and oxygen atoms in total. The maximum atomic E-state index is 12.7. The van der Waals surface area contributed by atoms with Gasteiger partial charge in [-0.1, -0.05) is 29.3 Å². The Balaban J connectivity index is 1.68. The van der Waals surface area contributed by atoms with E-state index in [0.717, 1.165) is 0 Å². The molecule has 8 heteroatoms. The molecule has 136 valence electrons. The maximum absolute atomic E-state index is 12.7. The van der Waals surface area contributed by atoms with Gasteiger partial charge in [-0.25, -0.2) is 4.98 Å². The topological polar surface area (TPSA) is 62.7 Å². The van der Waals surface area contributed by atoms with Crippen molar-refractivity contribution in [2.24, 2.45) is 0 Å². The van der Waals surface area contributed by atoms with E-state index in [1.54, 1.807) is 46.3 Å². The molecule has 1 aromatic carbocycles. The Morgan fingerprint density at radius 3 is 2.15 bits per heavy atom. The van der Waals surface area contributed by atoms with Crippen LogP contribution in [0.4, 0.5) is 0 Å². The van der Waals surface area contributed by atoms with Gasteiger partial charge in [0.05, 0.1) is 22.7 Å². The largest absolute Gasteiger partial charge is 0.480 e. The van der Waals surface area contributed by atoms with Gasteiger partial charge < -0.3 is 14.5 Å². The van der Waals surface area contributed by atoms with Crippen LogP contribution in [-0.4, -0.2) is 59.9 Å². The van der Waals surface area contributed by atoms with Gasteiger partial charge in [-0.05, 0) is 24.3 Å². The molecule has 3 rings (SSSR count). The predicted molar refractivity (Wildman–Crippen MR) is 99.1 cm³/mol. The van der Waals surface area contributed by atoms with Crippen LogP contribution in [0.25, 0.3) is 0 Å². The van der Waals surface area contributed by atoms with Gasteiger partial charge in [0.1, 0.15) is 5.56 Å². The fourth-order valence-corrected chi connectivity index (χ4v) is 3.22. The van der Waals surface area contributed by atoms with E-state index >= 15 is 0 Å². The van der Waals surface area contributed by atoms with Crippen molar-refractivity contribution >= 4 is 35.0 Å². The highest BCUT2D eigenvalue weighted by Crippen LogP contribution is 2.27. The van der Waals surface area contributed by atoms with Crippen molar-refractivity contribution in [2.45, 2.75) is 0 Å². The standard InChI is InChI=1S/C18H17Cl2N3O3/c1-26-16-13(5-3-7-21-16)18(25)23-10-8-22(9-11-23)17(24)12-4-2-6-14(19)15(12)20/h2-7H,8-11H2,1H3. The molecule has 0 spiro atoms. The zero-order valence-electron chi connectivity index (χ0n) is 14.1. The molecule has 1 aliphatic heterocycles. The minimum Gasteiger partial charge on any atom is -0.480 e. The number of amides is 2. The molecule has 2 aromatic rings. The average Bonchev–Trinajstić information content (AvgIpc) is 2.69. The average molecular weight is 394 g/mol. The van der Waals surface area contributed by atoms with Crippen molar-refractivity contribution in [2.75, 3.05) is 33.3 Å². The van der Waals surface area contributed by atoms with Crippen molar-refractivity contribution in [1.82, 2.24) is 14.8 Å². The van der Waals surface area contributed by atoms with Crippen LogP contribution in [-0.2, 0) is 0 Å². The van der Waals surface area contributed by atoms with E-state index < -0.39 is 0 Å². The molecular weight excluding hydrogens is 377 g/mol. The lowest BCUT2D eigenvalue weighted by Crippen LogP contribution is -2.50. The molecule has 0 N–H and O–H groups in total. The van der Waals surface area contributed by atoms with Crippen molar-refractivity contribution < 1.29 is 14.3 Å². The van der Waals surface area contributed by atoms with Crippen LogP contribution in [0.1, 0.15) is 20.7 Å². The molecule has 0 saturated carbocycles. The molecule has 1 fully saturated rings. The van der Waals surface area contributed by atoms with E-state index in [0.29, 0.717) is 48.2 Å². The summed E-state index contributed by atoms with van der Waals surface area (Å²) in [5.74, 6) is -0.0619. The van der Waals surface area contributed by atoms with Gasteiger partial charge in [0.15, 0.2) is 0 Å². The molecular formula is C18H17Cl2N3O3. The number of pyridine rings is 1. The summed E-state index contributed by atoms with van der Waals surface area (Å²) in [5, 5.41) is 0.591. The Morgan fingerprint density at radius 1 is 0.962 bits per heavy atom. The van der Waals surface area contributed by atoms with Gasteiger partial charge in [-0.15, -0.1) is 0 Å². The first-order valence-corrected chi connectivity index (χ1v) is 8.80. The predicted octanol–water partition coefficient (Wildman–Crippen LogP) is 3.00. The molecule has 2 amide bonds. The lowest BCUT2D eigenvalue weighted by Gasteiger charge is -2.35. The smallest absolute Gasteiger partial charge is 0.259 e. The van der Waals surface area contributed by atoms with Gasteiger partial charge in [-0.2, -0.15) is 0 Å². The molecule has 0 atom stereocenters. The number of piperazine rings is 1. The fraction of sp³-hybridized carbons (Fsp3) is 0.278. The fourth-order valence-electron chi connectivity index (χ4n) is 2.84. The Kier molecular flexibility index (Phi) is 5.64. The molecule has 0 aliphatic carbocycles. The molecule has 1 saturated heterocycles. The van der Waals surface area contributed by atoms with Crippen LogP contribution in [0.3, 0.4) is 0 Å². The van der Waals surface area contributed by atoms with Gasteiger partial charge >= 0.3 is 0 Å². The number of carbonyl (C=O) groups excluding carboxylic acids is 2. The van der Waals surface area contributed by atoms with Crippen molar-refractivity contribution in [1.29, 1.82) is 0 Å². The third-order valence-corrected chi connectivity index (χ3v) is 5.05. The summed E-state index contributed by atoms with van der Waals surface area (Å²) >= 11 is 12.1. The summed E-state index contributed by atoms with van der Waals surface area (Å²) in [6.07, 6.45) is 1.57. The van der Waals surface area contributed by atoms with E-state index in [4.69, 9.17) is 27.9 Å². The van der Waals surface area contributed by atoms with Gasteiger partial charge in [0, 0.05) is 32.4 Å². The van der Waals surface area contributed by atoms with Crippen molar-refractivity contribution in [3.05, 3.63) is 57.7 Å². The number of benzene rings is 1. The minimum absolute atomic E-state index is 0.164. The second-order valence-electron chi connectivity index (χ2n) is 5.75. The van der Waals surface area contributed by atoms with E-state index in [1.807, 2.05) is 0 Å². The number of methoxy groups -OCH3 is 1. The summed E-state index contributed by atoms with van der Waals surface area (Å²) in [4.78, 5) is 32.8. The number of aromatic nitrogens is 1. The number of ether oxygens (including phenoxy) is 1. The number of hydrogen-bond donors (Lipinski definition) is 0. The van der Waals surface area contributed by atoms with Crippen molar-refractivity contribution in [3.63, 3.8) is 0 Å². The zero-order chi connectivity index (χ0) is 18.7. The van der Waals surface area contributed by atoms with Gasteiger partial charge in [0.2, 0.25) is 5.88 Å². The number of hydrogen-bond acceptors (Lipinski definition) is 4. The maximum Gasteiger partial charge on any atom is 0.259 e. The van der Waals surface area contributed by atoms with Crippen LogP contribution in [0.2, 0.25) is 10.0 Å². The summed E-state index contributed by atoms with van der Waals surface area (Å²) in [5.41, 5.74) is 0.778. The molecule has 0 unspecified atom stereocenters. The summed E-state index contributed by atoms with van der Waals surface area (Å²) < 4.78 is 5.15. The first-order chi connectivity index (χ1) is 12.5. The summed E-state index contributed by atoms with van der Waals surface area (Å²) in [7, 11) is 1.48. The molecule has 2 heterocycles. The van der Waals surface area contributed by atoms with Gasteiger partial charge in [-0.3, -0.25) is 9.59 Å². The monoisotopic (exact) mass is 393 g/mol. The molecule has 1 aromatic heterocycles. The van der Waals surface area contributed by atoms with Crippen LogP contribution >= 0.6 is 23.2 Å². The molecule has 0 radical (unpaired) electrons. The quantitative estimate of drug-likeness (QED) is 0.803. The van der Waals surface area contributed by atoms with Gasteiger partial charge in [0.25, 0.3) is 11.8 Å². The highest BCUT2D eigenvalue weighted by Gasteiger charge is 2.28. The number of nitrogens with zero attached hydrogens (tertiary/aromatic N) is 3. The zero-order valence-corrected chi connectivity index (χ0v) is 15.6. The number of carbonyl (C=O) groups is 2. The van der Waals surface area contributed by atoms with Crippen LogP contribution < -0.4 is 4.74 Å². The lowest BCUT2D eigenvalue weighted by molar-refractivity contribution is 0.0533. The van der Waals surface area contributed by atoms with Crippen LogP contribution in [0.5, 0.6) is 5.88 Å². The third-order valence-electron chi connectivity index (χ3n) is 4.23. The highest BCUT2D eigenvalue weighted by atomic mass is 35.5. The molecule has 26 heavy (non-hydrogen) atoms. The molecule has 1 aliphatic rings. The Labute approximate surface area is 161 Å². The second kappa shape index (κ2) is 7.93. The van der Waals surface area contributed by atoms with E-state index in [1.165, 1.54) is 7.11 Å². The second-order valence-corrected chi connectivity index (χ2v) is 6.53. The SMILES string of the molecule is COc1ncccc1C(=O)N1CCN(C(=O)c2cccc(Cl)c2Cl)CC1. The van der Waals surface area contributed by atoms with Crippen molar-refractivity contribution in [3.8, 4) is 5.88 Å². The Bertz CT molecular complexity index is 836. The number of rotatable bonds is 3. The Morgan fingerprint density at radius 2 is 1.54 bits per heavy atom. The minimum atomic E-state index is -0.191. The highest BCUT2D eigenvalue weighted by molar-refractivity contribution is 6.43. The van der Waals surface area contributed by atoms with E-state index in [-0.39, 0.29) is 16.8 Å². The first-order valence-electron chi connectivity index (χ1n) is 8.04. The summed E-state index contributed by atoms with van der Waals surface area (Å²) in [6.45, 7) is 1.66. The normalized spacial score (nSPS) is 14.3. The van der Waals surface area contributed by atoms with E-state index in [2.05, 4.69) is 4.98 Å². The van der Waals surface area contributed by atoms with Crippen LogP contribution in [0, 0.1) is 0 Å². The number of halogens is 2. The van der Waals surface area contributed by atoms with Crippen LogP contribution in [0.15, 0.2) is 36.5 Å². The van der Waals surface area contributed by atoms with E-state index in [9.17, 15) is 9.59 Å². The lowest BCUT2D eigenvalue weighted by atomic mass is 10.1. The Hall–Kier alpha value is -2.31. The molecule has 0 bridgehead atoms. The summed E-state index contributed by atoms with van der Waals surface area (Å²) in [6, 6.07) is 8.34. The first kappa shape index (κ1) is 18.5. The third kappa shape index (κ3) is 3.61.